The number of esters is 4. The highest BCUT2D eigenvalue weighted by Gasteiger charge is 2.89. The average molecular weight is 681 g/mol. The first-order valence-corrected chi connectivity index (χ1v) is 18.8. The first-order valence-electron chi connectivity index (χ1n) is 18.8. The number of unbranched alkanes of at least 4 members (excludes halogenated alkanes) is 2. The van der Waals surface area contributed by atoms with E-state index < -0.39 is 22.3 Å². The second kappa shape index (κ2) is 13.8. The minimum Gasteiger partial charge on any atom is -0.449 e. The Bertz CT molecular complexity index is 1740. The molecule has 3 saturated carbocycles. The van der Waals surface area contributed by atoms with Gasteiger partial charge in [0.2, 0.25) is 0 Å². The third kappa shape index (κ3) is 5.41. The number of hydrogen-bond acceptors (Lipinski definition) is 8. The summed E-state index contributed by atoms with van der Waals surface area (Å²) in [6.07, 6.45) is 14.7. The summed E-state index contributed by atoms with van der Waals surface area (Å²) in [5.41, 5.74) is 0.0522. The van der Waals surface area contributed by atoms with Crippen LogP contribution in [0.1, 0.15) is 128 Å². The lowest BCUT2D eigenvalue weighted by Crippen LogP contribution is -2.75. The molecule has 0 radical (unpaired) electrons. The van der Waals surface area contributed by atoms with E-state index in [9.17, 15) is 19.2 Å². The minimum absolute atomic E-state index is 0.297. The summed E-state index contributed by atoms with van der Waals surface area (Å²) in [7, 11) is 0. The summed E-state index contributed by atoms with van der Waals surface area (Å²) in [5, 5.41) is 0. The molecule has 0 amide bonds. The molecular formula is C42H48O8. The molecule has 2 aliphatic heterocycles. The summed E-state index contributed by atoms with van der Waals surface area (Å²) < 4.78 is 24.5. The van der Waals surface area contributed by atoms with E-state index in [0.29, 0.717) is 54.1 Å². The number of fused-ring (bicyclic) bond motifs is 4. The SMILES string of the molecule is CCCCC(=O)Oc1cccc(C2=CC3(C(=O)O2)C2C(=C4CCCCC4)C(=O)OC2(c2cccc(OC(=O)CCCC)c2)C32CCCCC2)c1. The van der Waals surface area contributed by atoms with Gasteiger partial charge in [-0.15, -0.1) is 0 Å². The van der Waals surface area contributed by atoms with Gasteiger partial charge >= 0.3 is 23.9 Å². The quantitative estimate of drug-likeness (QED) is 0.139. The average Bonchev–Trinajstić information content (AvgIpc) is 3.65. The van der Waals surface area contributed by atoms with Crippen molar-refractivity contribution in [2.24, 2.45) is 16.7 Å². The fourth-order valence-electron chi connectivity index (χ4n) is 9.72. The number of carbonyl (C=O) groups excluding carboxylic acids is 4. The third-order valence-electron chi connectivity index (χ3n) is 11.9. The Morgan fingerprint density at radius 2 is 1.42 bits per heavy atom. The predicted octanol–water partition coefficient (Wildman–Crippen LogP) is 9.06. The molecule has 7 rings (SSSR count). The predicted molar refractivity (Wildman–Crippen MR) is 187 cm³/mol. The van der Waals surface area contributed by atoms with Gasteiger partial charge in [-0.25, -0.2) is 4.79 Å². The largest absolute Gasteiger partial charge is 0.449 e. The van der Waals surface area contributed by atoms with E-state index in [1.807, 2.05) is 44.2 Å². The standard InChI is InChI=1S/C42H48O8/c1-3-5-21-34(43)47-31-19-13-17-29(25-31)33-27-41(39(46)49-33)37-36(28-15-9-7-10-16-28)38(45)50-42(37,40(41)23-11-8-12-24-40)30-18-14-20-32(26-30)48-35(44)22-6-4-2/h13-14,17-20,25-27,37H,3-12,15-16,21-24H2,1-2H3. The molecule has 0 aromatic heterocycles. The molecule has 3 unspecified atom stereocenters. The summed E-state index contributed by atoms with van der Waals surface area (Å²) in [4.78, 5) is 54.3. The molecule has 8 nitrogen and oxygen atoms in total. The molecule has 2 aromatic carbocycles. The molecule has 0 bridgehead atoms. The zero-order valence-corrected chi connectivity index (χ0v) is 29.4. The first-order chi connectivity index (χ1) is 24.3. The van der Waals surface area contributed by atoms with Crippen LogP contribution in [0.2, 0.25) is 0 Å². The van der Waals surface area contributed by atoms with Gasteiger partial charge in [0.05, 0.1) is 5.92 Å². The molecule has 2 heterocycles. The van der Waals surface area contributed by atoms with Gasteiger partial charge < -0.3 is 18.9 Å². The van der Waals surface area contributed by atoms with Crippen LogP contribution in [0.4, 0.5) is 0 Å². The zero-order chi connectivity index (χ0) is 34.9. The number of ether oxygens (including phenoxy) is 4. The van der Waals surface area contributed by atoms with Crippen LogP contribution in [0.3, 0.4) is 0 Å². The van der Waals surface area contributed by atoms with Gasteiger partial charge in [0.25, 0.3) is 0 Å². The Labute approximate surface area is 294 Å². The van der Waals surface area contributed by atoms with E-state index in [0.717, 1.165) is 88.2 Å². The molecule has 3 atom stereocenters. The molecule has 5 aliphatic rings. The number of carbonyl (C=O) groups is 4. The molecule has 0 N–H and O–H groups in total. The van der Waals surface area contributed by atoms with Crippen molar-refractivity contribution < 1.29 is 38.1 Å². The molecule has 50 heavy (non-hydrogen) atoms. The van der Waals surface area contributed by atoms with Crippen molar-refractivity contribution in [2.45, 2.75) is 122 Å². The van der Waals surface area contributed by atoms with E-state index in [2.05, 4.69) is 0 Å². The van der Waals surface area contributed by atoms with Crippen LogP contribution >= 0.6 is 0 Å². The topological polar surface area (TPSA) is 105 Å². The molecule has 3 aliphatic carbocycles. The van der Waals surface area contributed by atoms with Crippen molar-refractivity contribution in [1.29, 1.82) is 0 Å². The maximum atomic E-state index is 14.8. The van der Waals surface area contributed by atoms with Crippen molar-refractivity contribution in [2.75, 3.05) is 0 Å². The Balaban J connectivity index is 1.36. The third-order valence-corrected chi connectivity index (χ3v) is 11.9. The Morgan fingerprint density at radius 1 is 0.800 bits per heavy atom. The first kappa shape index (κ1) is 34.3. The van der Waals surface area contributed by atoms with Gasteiger partial charge in [0.15, 0.2) is 5.60 Å². The van der Waals surface area contributed by atoms with Crippen LogP contribution in [-0.2, 0) is 34.3 Å². The second-order valence-corrected chi connectivity index (χ2v) is 14.8. The van der Waals surface area contributed by atoms with Crippen molar-refractivity contribution in [3.8, 4) is 11.5 Å². The van der Waals surface area contributed by atoms with Crippen LogP contribution in [0.5, 0.6) is 11.5 Å². The second-order valence-electron chi connectivity index (χ2n) is 14.8. The summed E-state index contributed by atoms with van der Waals surface area (Å²) in [6.45, 7) is 4.06. The lowest BCUT2D eigenvalue weighted by Gasteiger charge is -2.70. The van der Waals surface area contributed by atoms with Crippen LogP contribution in [0, 0.1) is 16.7 Å². The Kier molecular flexibility index (Phi) is 9.48. The minimum atomic E-state index is -1.14. The summed E-state index contributed by atoms with van der Waals surface area (Å²) >= 11 is 0. The van der Waals surface area contributed by atoms with E-state index >= 15 is 0 Å². The van der Waals surface area contributed by atoms with Crippen molar-refractivity contribution in [1.82, 2.24) is 0 Å². The smallest absolute Gasteiger partial charge is 0.335 e. The highest BCUT2D eigenvalue weighted by atomic mass is 16.6. The van der Waals surface area contributed by atoms with E-state index in [-0.39, 0.29) is 23.9 Å². The molecule has 2 spiro atoms. The lowest BCUT2D eigenvalue weighted by atomic mass is 9.31. The van der Waals surface area contributed by atoms with Crippen LogP contribution < -0.4 is 9.47 Å². The molecule has 1 saturated heterocycles. The maximum Gasteiger partial charge on any atom is 0.335 e. The van der Waals surface area contributed by atoms with Gasteiger partial charge in [-0.1, -0.05) is 82.2 Å². The maximum absolute atomic E-state index is 14.8. The van der Waals surface area contributed by atoms with Gasteiger partial charge in [-0.05, 0) is 81.7 Å². The number of cyclic esters (lactones) is 1. The summed E-state index contributed by atoms with van der Waals surface area (Å²) in [5.74, 6) is -0.698. The van der Waals surface area contributed by atoms with E-state index in [4.69, 9.17) is 18.9 Å². The number of benzene rings is 2. The van der Waals surface area contributed by atoms with Crippen molar-refractivity contribution in [3.63, 3.8) is 0 Å². The molecule has 2 aromatic rings. The van der Waals surface area contributed by atoms with Crippen molar-refractivity contribution >= 4 is 29.6 Å². The lowest BCUT2D eigenvalue weighted by molar-refractivity contribution is -0.285. The van der Waals surface area contributed by atoms with Crippen LogP contribution in [0.15, 0.2) is 65.8 Å². The zero-order valence-electron chi connectivity index (χ0n) is 29.4. The Morgan fingerprint density at radius 3 is 2.08 bits per heavy atom. The highest BCUT2D eigenvalue weighted by Crippen LogP contribution is 2.83. The summed E-state index contributed by atoms with van der Waals surface area (Å²) in [6, 6.07) is 14.6. The van der Waals surface area contributed by atoms with Gasteiger partial charge in [-0.3, -0.25) is 14.4 Å². The number of rotatable bonds is 10. The molecule has 4 fully saturated rings. The Hall–Kier alpha value is -4.20. The number of hydrogen-bond donors (Lipinski definition) is 0. The number of allylic oxidation sites excluding steroid dienone is 1. The van der Waals surface area contributed by atoms with E-state index in [1.54, 1.807) is 24.3 Å². The molecule has 264 valence electrons. The van der Waals surface area contributed by atoms with Gasteiger partial charge in [0.1, 0.15) is 22.7 Å². The van der Waals surface area contributed by atoms with E-state index in [1.165, 1.54) is 0 Å². The van der Waals surface area contributed by atoms with Gasteiger partial charge in [-0.2, -0.15) is 0 Å². The van der Waals surface area contributed by atoms with Gasteiger partial charge in [0, 0.05) is 35.0 Å². The molecular weight excluding hydrogens is 632 g/mol. The van der Waals surface area contributed by atoms with Crippen LogP contribution in [-0.4, -0.2) is 23.9 Å². The van der Waals surface area contributed by atoms with Crippen molar-refractivity contribution in [3.05, 3.63) is 76.9 Å². The normalized spacial score (nSPS) is 26.6. The molecule has 8 heteroatoms. The fraction of sp³-hybridized carbons (Fsp3) is 0.524. The highest BCUT2D eigenvalue weighted by molar-refractivity contribution is 6.02. The monoisotopic (exact) mass is 680 g/mol. The van der Waals surface area contributed by atoms with Crippen LogP contribution in [0.25, 0.3) is 5.76 Å². The fourth-order valence-corrected chi connectivity index (χ4v) is 9.72.